The number of thioether (sulfide) groups is 1. The molecule has 0 fully saturated rings. The van der Waals surface area contributed by atoms with Crippen LogP contribution >= 0.6 is 11.8 Å². The van der Waals surface area contributed by atoms with E-state index in [0.29, 0.717) is 17.3 Å². The van der Waals surface area contributed by atoms with E-state index < -0.39 is 24.3 Å². The Bertz CT molecular complexity index is 842. The van der Waals surface area contributed by atoms with E-state index in [-0.39, 0.29) is 19.5 Å². The fourth-order valence-electron chi connectivity index (χ4n) is 2.44. The van der Waals surface area contributed by atoms with E-state index in [1.165, 1.54) is 31.0 Å². The van der Waals surface area contributed by atoms with Crippen LogP contribution in [0.3, 0.4) is 0 Å². The van der Waals surface area contributed by atoms with Crippen molar-refractivity contribution in [2.24, 2.45) is 0 Å². The number of carbonyl (C=O) groups is 1. The van der Waals surface area contributed by atoms with Crippen LogP contribution in [0, 0.1) is 6.92 Å². The fraction of sp³-hybridized carbons (Fsp3) is 0.381. The second-order valence-corrected chi connectivity index (χ2v) is 7.54. The summed E-state index contributed by atoms with van der Waals surface area (Å²) in [7, 11) is 1.49. The van der Waals surface area contributed by atoms with Gasteiger partial charge in [0.2, 0.25) is 0 Å². The summed E-state index contributed by atoms with van der Waals surface area (Å²) in [6, 6.07) is 9.83. The van der Waals surface area contributed by atoms with Crippen LogP contribution in [-0.2, 0) is 20.4 Å². The van der Waals surface area contributed by atoms with Gasteiger partial charge in [-0.2, -0.15) is 13.2 Å². The lowest BCUT2D eigenvalue weighted by Crippen LogP contribution is -2.25. The number of carboxylic acid groups (broad SMARTS) is 1. The second kappa shape index (κ2) is 11.8. The van der Waals surface area contributed by atoms with Crippen molar-refractivity contribution in [1.29, 1.82) is 0 Å². The molecule has 31 heavy (non-hydrogen) atoms. The molecule has 0 heterocycles. The van der Waals surface area contributed by atoms with Crippen molar-refractivity contribution in [3.8, 4) is 11.5 Å². The molecule has 0 aliphatic rings. The zero-order valence-corrected chi connectivity index (χ0v) is 17.8. The second-order valence-electron chi connectivity index (χ2n) is 6.45. The number of alkyl halides is 3. The molecule has 10 heteroatoms. The van der Waals surface area contributed by atoms with Gasteiger partial charge >= 0.3 is 12.1 Å². The summed E-state index contributed by atoms with van der Waals surface area (Å²) in [4.78, 5) is 11.5. The summed E-state index contributed by atoms with van der Waals surface area (Å²) in [5.74, 6) is 0.243. The number of carboxylic acids is 1. The lowest BCUT2D eigenvalue weighted by Gasteiger charge is -2.18. The summed E-state index contributed by atoms with van der Waals surface area (Å²) < 4.78 is 59.3. The van der Waals surface area contributed by atoms with E-state index in [4.69, 9.17) is 24.1 Å². The van der Waals surface area contributed by atoms with Gasteiger partial charge in [0.15, 0.2) is 6.61 Å². The molecule has 0 bridgehead atoms. The lowest BCUT2D eigenvalue weighted by molar-refractivity contribution is -0.139. The zero-order chi connectivity index (χ0) is 22.9. The number of aryl methyl sites for hydroxylation is 1. The van der Waals surface area contributed by atoms with Gasteiger partial charge in [0.1, 0.15) is 31.0 Å². The van der Waals surface area contributed by atoms with Gasteiger partial charge in [-0.15, -0.1) is 11.8 Å². The molecule has 0 radical (unpaired) electrons. The van der Waals surface area contributed by atoms with Gasteiger partial charge in [-0.1, -0.05) is 0 Å². The van der Waals surface area contributed by atoms with E-state index in [0.717, 1.165) is 22.6 Å². The normalized spacial score (nSPS) is 12.4. The van der Waals surface area contributed by atoms with Crippen molar-refractivity contribution in [3.63, 3.8) is 0 Å². The van der Waals surface area contributed by atoms with E-state index in [9.17, 15) is 18.0 Å². The molecule has 6 nitrogen and oxygen atoms in total. The molecule has 0 saturated carbocycles. The van der Waals surface area contributed by atoms with Crippen molar-refractivity contribution in [2.75, 3.05) is 32.9 Å². The minimum Gasteiger partial charge on any atom is -0.491 e. The molecular formula is C21H23F3O6S. The first kappa shape index (κ1) is 24.8. The highest BCUT2D eigenvalue weighted by atomic mass is 32.2. The standard InChI is InChI=1S/C21H23F3O6S/c1-14-9-18(7-8-19(14)29-11-20(25)26)31-12-17(30-13-27-2)10-28-16-5-3-15(4-6-16)21(22,23)24/h3-9,17H,10-13H2,1-2H3,(H,25,26)/t17-/m1/s1. The fourth-order valence-corrected chi connectivity index (χ4v) is 3.44. The number of benzene rings is 2. The number of methoxy groups -OCH3 is 1. The predicted octanol–water partition coefficient (Wildman–Crippen LogP) is 4.64. The van der Waals surface area contributed by atoms with Crippen LogP contribution in [0.2, 0.25) is 0 Å². The molecule has 0 aromatic heterocycles. The highest BCUT2D eigenvalue weighted by Gasteiger charge is 2.30. The number of rotatable bonds is 12. The van der Waals surface area contributed by atoms with Crippen molar-refractivity contribution in [3.05, 3.63) is 53.6 Å². The first-order chi connectivity index (χ1) is 14.7. The molecule has 2 aromatic carbocycles. The number of halogens is 3. The third-order valence-electron chi connectivity index (χ3n) is 3.97. The number of hydrogen-bond acceptors (Lipinski definition) is 6. The Balaban J connectivity index is 1.92. The Morgan fingerprint density at radius 3 is 2.42 bits per heavy atom. The summed E-state index contributed by atoms with van der Waals surface area (Å²) >= 11 is 1.49. The van der Waals surface area contributed by atoms with Gasteiger partial charge < -0.3 is 24.1 Å². The third kappa shape index (κ3) is 8.68. The average Bonchev–Trinajstić information content (AvgIpc) is 2.72. The van der Waals surface area contributed by atoms with Crippen molar-refractivity contribution < 1.29 is 42.0 Å². The third-order valence-corrected chi connectivity index (χ3v) is 5.10. The Morgan fingerprint density at radius 2 is 1.84 bits per heavy atom. The predicted molar refractivity (Wildman–Crippen MR) is 109 cm³/mol. The monoisotopic (exact) mass is 460 g/mol. The van der Waals surface area contributed by atoms with Gasteiger partial charge in [0, 0.05) is 17.8 Å². The lowest BCUT2D eigenvalue weighted by atomic mass is 10.2. The molecule has 170 valence electrons. The maximum absolute atomic E-state index is 12.7. The summed E-state index contributed by atoms with van der Waals surface area (Å²) in [6.07, 6.45) is -4.78. The average molecular weight is 460 g/mol. The van der Waals surface area contributed by atoms with Gasteiger partial charge in [-0.3, -0.25) is 0 Å². The van der Waals surface area contributed by atoms with Crippen LogP contribution in [0.4, 0.5) is 13.2 Å². The Hall–Kier alpha value is -2.43. The summed E-state index contributed by atoms with van der Waals surface area (Å²) in [6.45, 7) is 1.57. The van der Waals surface area contributed by atoms with Crippen LogP contribution in [0.5, 0.6) is 11.5 Å². The van der Waals surface area contributed by atoms with Crippen LogP contribution in [0.25, 0.3) is 0 Å². The van der Waals surface area contributed by atoms with Gasteiger partial charge in [0.05, 0.1) is 5.56 Å². The quantitative estimate of drug-likeness (QED) is 0.365. The topological polar surface area (TPSA) is 74.2 Å². The molecule has 0 unspecified atom stereocenters. The largest absolute Gasteiger partial charge is 0.491 e. The van der Waals surface area contributed by atoms with Gasteiger partial charge in [-0.05, 0) is 55.0 Å². The Morgan fingerprint density at radius 1 is 1.13 bits per heavy atom. The molecule has 1 N–H and O–H groups in total. The first-order valence-electron chi connectivity index (χ1n) is 9.17. The molecule has 0 spiro atoms. The summed E-state index contributed by atoms with van der Waals surface area (Å²) in [5, 5.41) is 8.70. The number of ether oxygens (including phenoxy) is 4. The van der Waals surface area contributed by atoms with E-state index >= 15 is 0 Å². The van der Waals surface area contributed by atoms with Crippen molar-refractivity contribution in [2.45, 2.75) is 24.1 Å². The smallest absolute Gasteiger partial charge is 0.416 e. The van der Waals surface area contributed by atoms with Gasteiger partial charge in [-0.25, -0.2) is 4.79 Å². The highest BCUT2D eigenvalue weighted by molar-refractivity contribution is 7.99. The maximum Gasteiger partial charge on any atom is 0.416 e. The molecule has 0 saturated heterocycles. The Labute approximate surface area is 182 Å². The molecular weight excluding hydrogens is 437 g/mol. The Kier molecular flexibility index (Phi) is 9.47. The number of aliphatic carboxylic acids is 1. The van der Waals surface area contributed by atoms with Crippen LogP contribution in [0.1, 0.15) is 11.1 Å². The van der Waals surface area contributed by atoms with Crippen LogP contribution < -0.4 is 9.47 Å². The minimum absolute atomic E-state index is 0.0442. The molecule has 2 rings (SSSR count). The number of hydrogen-bond donors (Lipinski definition) is 1. The van der Waals surface area contributed by atoms with E-state index in [1.807, 2.05) is 13.0 Å². The van der Waals surface area contributed by atoms with E-state index in [2.05, 4.69) is 0 Å². The van der Waals surface area contributed by atoms with Crippen molar-refractivity contribution in [1.82, 2.24) is 0 Å². The highest BCUT2D eigenvalue weighted by Crippen LogP contribution is 2.30. The maximum atomic E-state index is 12.7. The SMILES string of the molecule is COCO[C@H](COc1ccc(C(F)(F)F)cc1)CSc1ccc(OCC(=O)O)c(C)c1. The molecule has 0 amide bonds. The minimum atomic E-state index is -4.40. The molecule has 2 aromatic rings. The molecule has 1 atom stereocenters. The van der Waals surface area contributed by atoms with Gasteiger partial charge in [0.25, 0.3) is 0 Å². The summed E-state index contributed by atoms with van der Waals surface area (Å²) in [5.41, 5.74) is 0.0513. The first-order valence-corrected chi connectivity index (χ1v) is 10.2. The van der Waals surface area contributed by atoms with Crippen LogP contribution in [-0.4, -0.2) is 50.0 Å². The van der Waals surface area contributed by atoms with Crippen LogP contribution in [0.15, 0.2) is 47.4 Å². The zero-order valence-electron chi connectivity index (χ0n) is 17.0. The molecule has 0 aliphatic heterocycles. The molecule has 0 aliphatic carbocycles. The van der Waals surface area contributed by atoms with Crippen molar-refractivity contribution >= 4 is 17.7 Å². The van der Waals surface area contributed by atoms with E-state index in [1.54, 1.807) is 12.1 Å².